The Hall–Kier alpha value is -2.70. The number of carboxylic acids is 2. The Morgan fingerprint density at radius 3 is 2.70 bits per heavy atom. The van der Waals surface area contributed by atoms with Crippen molar-refractivity contribution in [3.63, 3.8) is 0 Å². The van der Waals surface area contributed by atoms with E-state index in [0.29, 0.717) is 10.9 Å². The lowest BCUT2D eigenvalue weighted by Crippen LogP contribution is -2.44. The van der Waals surface area contributed by atoms with Gasteiger partial charge in [0.25, 0.3) is 0 Å². The summed E-state index contributed by atoms with van der Waals surface area (Å²) in [5.74, 6) is -2.77. The third-order valence-corrected chi connectivity index (χ3v) is 2.76. The van der Waals surface area contributed by atoms with Crippen molar-refractivity contribution in [1.29, 1.82) is 0 Å². The quantitative estimate of drug-likeness (QED) is 0.712. The number of nitrogens with one attached hydrogen (secondary N) is 1. The fraction of sp³-hybridized carbons (Fsp3) is 0.231. The fourth-order valence-corrected chi connectivity index (χ4v) is 1.81. The summed E-state index contributed by atoms with van der Waals surface area (Å²) in [5, 5.41) is 24.6. The van der Waals surface area contributed by atoms with Crippen molar-refractivity contribution < 1.29 is 19.8 Å². The van der Waals surface area contributed by atoms with Crippen LogP contribution >= 0.6 is 0 Å². The van der Waals surface area contributed by atoms with E-state index in [0.717, 1.165) is 5.56 Å². The Labute approximate surface area is 114 Å². The molecule has 0 saturated heterocycles. The first-order chi connectivity index (χ1) is 9.47. The summed E-state index contributed by atoms with van der Waals surface area (Å²) in [7, 11) is 0. The van der Waals surface area contributed by atoms with E-state index in [-0.39, 0.29) is 5.82 Å². The molecule has 2 aromatic rings. The van der Waals surface area contributed by atoms with Crippen molar-refractivity contribution in [2.45, 2.75) is 19.4 Å². The number of aryl methyl sites for hydroxylation is 1. The first kappa shape index (κ1) is 13.7. The minimum absolute atomic E-state index is 0.245. The SMILES string of the molecule is Cc1ccc2ncnc(NC(CC(=O)[O-])C(=O)[O-])c2c1. The molecular formula is C13H11N3O4-2. The monoisotopic (exact) mass is 273 g/mol. The molecule has 0 bridgehead atoms. The first-order valence-electron chi connectivity index (χ1n) is 5.86. The number of aliphatic carboxylic acids is 2. The second-order valence-corrected chi connectivity index (χ2v) is 4.33. The maximum atomic E-state index is 10.9. The van der Waals surface area contributed by atoms with E-state index in [4.69, 9.17) is 0 Å². The second kappa shape index (κ2) is 5.52. The predicted octanol–water partition coefficient (Wildman–Crippen LogP) is -1.39. The van der Waals surface area contributed by atoms with Crippen LogP contribution in [0.2, 0.25) is 0 Å². The van der Waals surface area contributed by atoms with E-state index >= 15 is 0 Å². The van der Waals surface area contributed by atoms with Gasteiger partial charge in [0.05, 0.1) is 17.5 Å². The zero-order valence-corrected chi connectivity index (χ0v) is 10.6. The highest BCUT2D eigenvalue weighted by Gasteiger charge is 2.13. The molecule has 0 aliphatic heterocycles. The molecule has 0 fully saturated rings. The molecule has 1 N–H and O–H groups in total. The van der Waals surface area contributed by atoms with Crippen molar-refractivity contribution in [1.82, 2.24) is 9.97 Å². The maximum absolute atomic E-state index is 10.9. The van der Waals surface area contributed by atoms with Gasteiger partial charge in [0, 0.05) is 17.8 Å². The van der Waals surface area contributed by atoms with Crippen LogP contribution in [0.3, 0.4) is 0 Å². The minimum atomic E-state index is -1.53. The van der Waals surface area contributed by atoms with Crippen LogP contribution in [0.4, 0.5) is 5.82 Å². The van der Waals surface area contributed by atoms with Crippen LogP contribution < -0.4 is 15.5 Å². The molecular weight excluding hydrogens is 262 g/mol. The number of carbonyl (C=O) groups excluding carboxylic acids is 2. The van der Waals surface area contributed by atoms with Gasteiger partial charge >= 0.3 is 0 Å². The van der Waals surface area contributed by atoms with Gasteiger partial charge in [-0.1, -0.05) is 11.6 Å². The van der Waals surface area contributed by atoms with Crippen molar-refractivity contribution >= 4 is 28.7 Å². The van der Waals surface area contributed by atoms with Crippen LogP contribution in [0.5, 0.6) is 0 Å². The molecule has 2 rings (SSSR count). The Balaban J connectivity index is 2.39. The average Bonchev–Trinajstić information content (AvgIpc) is 2.38. The molecule has 1 atom stereocenters. The highest BCUT2D eigenvalue weighted by atomic mass is 16.4. The summed E-state index contributed by atoms with van der Waals surface area (Å²) in [6.45, 7) is 1.87. The molecule has 1 heterocycles. The van der Waals surface area contributed by atoms with Crippen molar-refractivity contribution in [3.05, 3.63) is 30.1 Å². The van der Waals surface area contributed by atoms with E-state index in [1.165, 1.54) is 6.33 Å². The first-order valence-corrected chi connectivity index (χ1v) is 5.86. The molecule has 1 aromatic heterocycles. The molecule has 0 saturated carbocycles. The van der Waals surface area contributed by atoms with Gasteiger partial charge in [0.2, 0.25) is 0 Å². The fourth-order valence-electron chi connectivity index (χ4n) is 1.81. The maximum Gasteiger partial charge on any atom is 0.137 e. The zero-order chi connectivity index (χ0) is 14.7. The van der Waals surface area contributed by atoms with Crippen molar-refractivity contribution in [3.8, 4) is 0 Å². The molecule has 20 heavy (non-hydrogen) atoms. The van der Waals surface area contributed by atoms with E-state index in [2.05, 4.69) is 15.3 Å². The molecule has 7 heteroatoms. The van der Waals surface area contributed by atoms with Crippen molar-refractivity contribution in [2.24, 2.45) is 0 Å². The normalized spacial score (nSPS) is 12.1. The molecule has 104 valence electrons. The molecule has 0 radical (unpaired) electrons. The van der Waals surface area contributed by atoms with Crippen LogP contribution in [-0.2, 0) is 9.59 Å². The Morgan fingerprint density at radius 2 is 2.05 bits per heavy atom. The number of carboxylic acid groups (broad SMARTS) is 2. The lowest BCUT2D eigenvalue weighted by molar-refractivity contribution is -0.316. The number of fused-ring (bicyclic) bond motifs is 1. The Bertz CT molecular complexity index is 672. The van der Waals surface area contributed by atoms with Gasteiger partial charge in [-0.25, -0.2) is 9.97 Å². The summed E-state index contributed by atoms with van der Waals surface area (Å²) in [5.41, 5.74) is 1.57. The van der Waals surface area contributed by atoms with Gasteiger partial charge < -0.3 is 25.1 Å². The minimum Gasteiger partial charge on any atom is -0.550 e. The predicted molar refractivity (Wildman–Crippen MR) is 66.3 cm³/mol. The van der Waals surface area contributed by atoms with E-state index < -0.39 is 24.4 Å². The molecule has 0 aliphatic carbocycles. The zero-order valence-electron chi connectivity index (χ0n) is 10.6. The smallest absolute Gasteiger partial charge is 0.137 e. The van der Waals surface area contributed by atoms with Crippen molar-refractivity contribution in [2.75, 3.05) is 5.32 Å². The summed E-state index contributed by atoms with van der Waals surface area (Å²) in [6, 6.07) is 3.99. The largest absolute Gasteiger partial charge is 0.550 e. The number of hydrogen-bond donors (Lipinski definition) is 1. The van der Waals surface area contributed by atoms with Crippen LogP contribution in [0.15, 0.2) is 24.5 Å². The number of rotatable bonds is 5. The Kier molecular flexibility index (Phi) is 3.79. The number of hydrogen-bond acceptors (Lipinski definition) is 7. The van der Waals surface area contributed by atoms with Gasteiger partial charge in [0.1, 0.15) is 12.1 Å². The highest BCUT2D eigenvalue weighted by Crippen LogP contribution is 2.21. The van der Waals surface area contributed by atoms with E-state index in [1.54, 1.807) is 12.1 Å². The number of carbonyl (C=O) groups is 2. The molecule has 1 unspecified atom stereocenters. The van der Waals surface area contributed by atoms with Gasteiger partial charge in [-0.3, -0.25) is 0 Å². The lowest BCUT2D eigenvalue weighted by atomic mass is 10.1. The summed E-state index contributed by atoms with van der Waals surface area (Å²) in [4.78, 5) is 29.5. The number of anilines is 1. The van der Waals surface area contributed by atoms with Crippen LogP contribution in [0, 0.1) is 6.92 Å². The highest BCUT2D eigenvalue weighted by molar-refractivity contribution is 5.91. The van der Waals surface area contributed by atoms with Gasteiger partial charge in [-0.2, -0.15) is 0 Å². The summed E-state index contributed by atoms with van der Waals surface area (Å²) in [6.07, 6.45) is 0.561. The van der Waals surface area contributed by atoms with E-state index in [1.807, 2.05) is 13.0 Å². The summed E-state index contributed by atoms with van der Waals surface area (Å²) < 4.78 is 0. The van der Waals surface area contributed by atoms with Gasteiger partial charge in [0.15, 0.2) is 0 Å². The van der Waals surface area contributed by atoms with Gasteiger partial charge in [-0.05, 0) is 19.1 Å². The number of benzene rings is 1. The van der Waals surface area contributed by atoms with Crippen LogP contribution in [0.1, 0.15) is 12.0 Å². The molecule has 1 aromatic carbocycles. The standard InChI is InChI=1S/C13H13N3O4/c1-7-2-3-9-8(4-7)12(15-6-14-9)16-10(13(19)20)5-11(17)18/h2-4,6,10H,5H2,1H3,(H,17,18)(H,19,20)(H,14,15,16)/p-2. The Morgan fingerprint density at radius 1 is 1.30 bits per heavy atom. The molecule has 7 nitrogen and oxygen atoms in total. The van der Waals surface area contributed by atoms with Gasteiger partial charge in [-0.15, -0.1) is 0 Å². The molecule has 0 amide bonds. The number of aromatic nitrogens is 2. The average molecular weight is 273 g/mol. The second-order valence-electron chi connectivity index (χ2n) is 4.33. The van der Waals surface area contributed by atoms with Crippen LogP contribution in [-0.4, -0.2) is 27.9 Å². The molecule has 0 aliphatic rings. The third kappa shape index (κ3) is 3.00. The lowest BCUT2D eigenvalue weighted by Gasteiger charge is -2.21. The third-order valence-electron chi connectivity index (χ3n) is 2.76. The molecule has 0 spiro atoms. The number of nitrogens with zero attached hydrogens (tertiary/aromatic N) is 2. The summed E-state index contributed by atoms with van der Waals surface area (Å²) >= 11 is 0. The topological polar surface area (TPSA) is 118 Å². The van der Waals surface area contributed by atoms with Crippen LogP contribution in [0.25, 0.3) is 10.9 Å². The van der Waals surface area contributed by atoms with E-state index in [9.17, 15) is 19.8 Å².